The van der Waals surface area contributed by atoms with Gasteiger partial charge in [-0.25, -0.2) is 9.78 Å². The van der Waals surface area contributed by atoms with E-state index in [9.17, 15) is 19.0 Å². The topological polar surface area (TPSA) is 124 Å². The van der Waals surface area contributed by atoms with Gasteiger partial charge >= 0.3 is 19.7 Å². The van der Waals surface area contributed by atoms with Gasteiger partial charge in [0.25, 0.3) is 0 Å². The van der Waals surface area contributed by atoms with Crippen molar-refractivity contribution in [1.29, 1.82) is 0 Å². The molecular formula is C23H31N2O7P. The van der Waals surface area contributed by atoms with Gasteiger partial charge in [-0.05, 0) is 51.3 Å². The van der Waals surface area contributed by atoms with E-state index in [-0.39, 0.29) is 25.8 Å². The van der Waals surface area contributed by atoms with E-state index in [1.165, 1.54) is 6.20 Å². The maximum absolute atomic E-state index is 12.5. The molecule has 1 aromatic carbocycles. The van der Waals surface area contributed by atoms with Gasteiger partial charge in [-0.3, -0.25) is 14.7 Å². The quantitative estimate of drug-likeness (QED) is 0.376. The molecule has 2 atom stereocenters. The largest absolute Gasteiger partial charge is 0.466 e. The fourth-order valence-corrected chi connectivity index (χ4v) is 4.02. The summed E-state index contributed by atoms with van der Waals surface area (Å²) in [6.45, 7) is 6.84. The monoisotopic (exact) mass is 478 g/mol. The highest BCUT2D eigenvalue weighted by Gasteiger charge is 2.27. The number of nitrogens with zero attached hydrogens (tertiary/aromatic N) is 1. The average molecular weight is 478 g/mol. The number of hydrogen-bond donors (Lipinski definition) is 2. The van der Waals surface area contributed by atoms with Gasteiger partial charge in [-0.2, -0.15) is 0 Å². The zero-order valence-corrected chi connectivity index (χ0v) is 20.2. The molecule has 0 aliphatic heterocycles. The molecule has 33 heavy (non-hydrogen) atoms. The third-order valence-electron chi connectivity index (χ3n) is 4.26. The van der Waals surface area contributed by atoms with Crippen molar-refractivity contribution in [2.45, 2.75) is 45.9 Å². The number of amides is 1. The lowest BCUT2D eigenvalue weighted by atomic mass is 10.0. The first-order valence-electron chi connectivity index (χ1n) is 10.6. The van der Waals surface area contributed by atoms with Crippen LogP contribution in [-0.2, 0) is 35.9 Å². The van der Waals surface area contributed by atoms with Crippen LogP contribution in [0.5, 0.6) is 0 Å². The summed E-state index contributed by atoms with van der Waals surface area (Å²) in [4.78, 5) is 38.6. The molecule has 0 spiro atoms. The van der Waals surface area contributed by atoms with Crippen LogP contribution in [0, 0.1) is 5.92 Å². The van der Waals surface area contributed by atoms with E-state index in [0.29, 0.717) is 16.9 Å². The molecule has 1 amide bonds. The van der Waals surface area contributed by atoms with Gasteiger partial charge in [0.15, 0.2) is 0 Å². The number of anilines is 1. The van der Waals surface area contributed by atoms with Crippen molar-refractivity contribution in [3.63, 3.8) is 0 Å². The van der Waals surface area contributed by atoms with E-state index in [1.807, 2.05) is 6.07 Å². The van der Waals surface area contributed by atoms with Gasteiger partial charge in [-0.15, -0.1) is 0 Å². The number of rotatable bonds is 10. The van der Waals surface area contributed by atoms with Gasteiger partial charge in [-0.1, -0.05) is 36.4 Å². The number of carbonyl (C=O) groups excluding carboxylic acids is 2. The standard InChI is InChI=1S/C23H31N2O7P/c1-5-30-21(26)19(15-31-33(28,29)16-17-9-7-6-8-10-17)13-18-11-12-20(24-14-18)25-22(27)32-23(2,3)4/h6-12,14,19H,5,13,15-16H2,1-4H3,(H,28,29)(H,24,25,27). The van der Waals surface area contributed by atoms with Crippen LogP contribution in [0.1, 0.15) is 38.8 Å². The van der Waals surface area contributed by atoms with Crippen molar-refractivity contribution in [1.82, 2.24) is 4.98 Å². The minimum absolute atomic E-state index is 0.157. The summed E-state index contributed by atoms with van der Waals surface area (Å²) in [5.74, 6) is -1.04. The molecule has 2 aromatic rings. The summed E-state index contributed by atoms with van der Waals surface area (Å²) in [5.41, 5.74) is 0.694. The molecule has 0 radical (unpaired) electrons. The van der Waals surface area contributed by atoms with Crippen molar-refractivity contribution >= 4 is 25.5 Å². The van der Waals surface area contributed by atoms with Gasteiger partial charge in [0.05, 0.1) is 25.3 Å². The van der Waals surface area contributed by atoms with E-state index in [4.69, 9.17) is 14.0 Å². The molecule has 0 saturated carbocycles. The van der Waals surface area contributed by atoms with Crippen molar-refractivity contribution in [3.8, 4) is 0 Å². The van der Waals surface area contributed by atoms with Crippen molar-refractivity contribution < 1.29 is 33.0 Å². The Morgan fingerprint density at radius 2 is 1.82 bits per heavy atom. The highest BCUT2D eigenvalue weighted by molar-refractivity contribution is 7.51. The van der Waals surface area contributed by atoms with Crippen LogP contribution in [0.15, 0.2) is 48.7 Å². The highest BCUT2D eigenvalue weighted by atomic mass is 31.2. The summed E-state index contributed by atoms with van der Waals surface area (Å²) in [5, 5.41) is 2.53. The minimum atomic E-state index is -3.96. The molecule has 0 bridgehead atoms. The Hall–Kier alpha value is -2.74. The lowest BCUT2D eigenvalue weighted by Crippen LogP contribution is -2.27. The molecule has 0 saturated heterocycles. The Balaban J connectivity index is 2.00. The molecule has 10 heteroatoms. The number of benzene rings is 1. The van der Waals surface area contributed by atoms with E-state index in [2.05, 4.69) is 10.3 Å². The first-order valence-corrected chi connectivity index (χ1v) is 12.4. The molecule has 2 rings (SSSR count). The predicted octanol–water partition coefficient (Wildman–Crippen LogP) is 4.55. The SMILES string of the molecule is CCOC(=O)C(COP(=O)(O)Cc1ccccc1)Cc1ccc(NC(=O)OC(C)(C)C)nc1. The number of aromatic nitrogens is 1. The number of esters is 1. The van der Waals surface area contributed by atoms with E-state index >= 15 is 0 Å². The predicted molar refractivity (Wildman–Crippen MR) is 124 cm³/mol. The molecule has 0 aliphatic carbocycles. The van der Waals surface area contributed by atoms with Gasteiger partial charge in [0, 0.05) is 6.20 Å². The van der Waals surface area contributed by atoms with Crippen LogP contribution >= 0.6 is 7.60 Å². The first-order chi connectivity index (χ1) is 15.5. The van der Waals surface area contributed by atoms with Crippen molar-refractivity contribution in [2.75, 3.05) is 18.5 Å². The lowest BCUT2D eigenvalue weighted by Gasteiger charge is -2.20. The van der Waals surface area contributed by atoms with Crippen LogP contribution in [0.25, 0.3) is 0 Å². The minimum Gasteiger partial charge on any atom is -0.466 e. The zero-order chi connectivity index (χ0) is 24.5. The highest BCUT2D eigenvalue weighted by Crippen LogP contribution is 2.46. The first kappa shape index (κ1) is 26.5. The second-order valence-electron chi connectivity index (χ2n) is 8.41. The summed E-state index contributed by atoms with van der Waals surface area (Å²) >= 11 is 0. The summed E-state index contributed by atoms with van der Waals surface area (Å²) in [6, 6.07) is 12.1. The number of ether oxygens (including phenoxy) is 2. The molecule has 180 valence electrons. The fraction of sp³-hybridized carbons (Fsp3) is 0.435. The zero-order valence-electron chi connectivity index (χ0n) is 19.3. The normalized spacial score (nSPS) is 14.1. The fourth-order valence-electron chi connectivity index (χ4n) is 2.85. The smallest absolute Gasteiger partial charge is 0.413 e. The number of pyridine rings is 1. The van der Waals surface area contributed by atoms with Gasteiger partial charge in [0.1, 0.15) is 11.4 Å². The van der Waals surface area contributed by atoms with Crippen molar-refractivity contribution in [3.05, 3.63) is 59.8 Å². The molecular weight excluding hydrogens is 447 g/mol. The third kappa shape index (κ3) is 10.2. The molecule has 1 heterocycles. The van der Waals surface area contributed by atoms with Crippen LogP contribution in [0.4, 0.5) is 10.6 Å². The molecule has 1 aromatic heterocycles. The maximum Gasteiger partial charge on any atom is 0.413 e. The van der Waals surface area contributed by atoms with Gasteiger partial charge < -0.3 is 18.9 Å². The third-order valence-corrected chi connectivity index (χ3v) is 5.58. The van der Waals surface area contributed by atoms with Crippen LogP contribution in [-0.4, -0.2) is 40.8 Å². The summed E-state index contributed by atoms with van der Waals surface area (Å²) in [6.07, 6.45) is 0.902. The van der Waals surface area contributed by atoms with Crippen LogP contribution in [0.3, 0.4) is 0 Å². The molecule has 0 aliphatic rings. The van der Waals surface area contributed by atoms with E-state index < -0.39 is 31.2 Å². The Bertz CT molecular complexity index is 959. The van der Waals surface area contributed by atoms with Crippen LogP contribution < -0.4 is 5.32 Å². The second kappa shape index (κ2) is 11.9. The lowest BCUT2D eigenvalue weighted by molar-refractivity contribution is -0.149. The van der Waals surface area contributed by atoms with E-state index in [0.717, 1.165) is 0 Å². The average Bonchev–Trinajstić information content (AvgIpc) is 2.71. The molecule has 2 unspecified atom stereocenters. The number of carbonyl (C=O) groups is 2. The summed E-state index contributed by atoms with van der Waals surface area (Å²) in [7, 11) is -3.96. The Morgan fingerprint density at radius 1 is 1.12 bits per heavy atom. The Morgan fingerprint density at radius 3 is 2.39 bits per heavy atom. The summed E-state index contributed by atoms with van der Waals surface area (Å²) < 4.78 is 28.0. The Labute approximate surface area is 194 Å². The Kier molecular flexibility index (Phi) is 9.58. The second-order valence-corrected chi connectivity index (χ2v) is 10.3. The molecule has 0 fully saturated rings. The van der Waals surface area contributed by atoms with Crippen LogP contribution in [0.2, 0.25) is 0 Å². The van der Waals surface area contributed by atoms with E-state index in [1.54, 1.807) is 64.1 Å². The molecule has 9 nitrogen and oxygen atoms in total. The number of nitrogens with one attached hydrogen (secondary N) is 1. The number of hydrogen-bond acceptors (Lipinski definition) is 7. The van der Waals surface area contributed by atoms with Crippen molar-refractivity contribution in [2.24, 2.45) is 5.92 Å². The van der Waals surface area contributed by atoms with Gasteiger partial charge in [0.2, 0.25) is 0 Å². The molecule has 2 N–H and O–H groups in total. The maximum atomic E-state index is 12.5.